The molecule has 0 radical (unpaired) electrons. The van der Waals surface area contributed by atoms with Crippen LogP contribution in [0.25, 0.3) is 0 Å². The number of sulfonamides is 1. The van der Waals surface area contributed by atoms with Gasteiger partial charge in [0.05, 0.1) is 10.6 Å². The number of nitrogens with zero attached hydrogens (tertiary/aromatic N) is 2. The topological polar surface area (TPSA) is 86.8 Å². The van der Waals surface area contributed by atoms with Gasteiger partial charge in [-0.3, -0.25) is 13.9 Å². The summed E-state index contributed by atoms with van der Waals surface area (Å²) < 4.78 is 29.6. The van der Waals surface area contributed by atoms with Crippen molar-refractivity contribution in [1.82, 2.24) is 10.2 Å². The monoisotopic (exact) mass is 597 g/mol. The van der Waals surface area contributed by atoms with Gasteiger partial charge in [0.15, 0.2) is 0 Å². The van der Waals surface area contributed by atoms with Crippen LogP contribution in [0.15, 0.2) is 102 Å². The Morgan fingerprint density at radius 2 is 1.33 bits per heavy atom. The van der Waals surface area contributed by atoms with Crippen molar-refractivity contribution in [2.24, 2.45) is 0 Å². The average Bonchev–Trinajstić information content (AvgIpc) is 3.00. The third-order valence-electron chi connectivity index (χ3n) is 7.51. The molecule has 1 atom stereocenters. The van der Waals surface area contributed by atoms with E-state index in [2.05, 4.69) is 5.32 Å². The smallest absolute Gasteiger partial charge is 0.264 e. The average molecular weight is 598 g/mol. The number of aryl methyl sites for hydroxylation is 4. The second-order valence-corrected chi connectivity index (χ2v) is 12.8. The Hall–Kier alpha value is -4.43. The van der Waals surface area contributed by atoms with Crippen LogP contribution in [0.3, 0.4) is 0 Å². The molecule has 43 heavy (non-hydrogen) atoms. The fourth-order valence-electron chi connectivity index (χ4n) is 4.95. The Morgan fingerprint density at radius 1 is 0.744 bits per heavy atom. The number of hydrogen-bond donors (Lipinski definition) is 1. The van der Waals surface area contributed by atoms with Crippen LogP contribution in [0.1, 0.15) is 33.4 Å². The molecule has 0 aromatic heterocycles. The van der Waals surface area contributed by atoms with Crippen molar-refractivity contribution in [2.45, 2.75) is 51.6 Å². The highest BCUT2D eigenvalue weighted by molar-refractivity contribution is 7.92. The summed E-state index contributed by atoms with van der Waals surface area (Å²) >= 11 is 0. The van der Waals surface area contributed by atoms with Crippen LogP contribution in [0, 0.1) is 27.7 Å². The molecule has 8 heteroatoms. The quantitative estimate of drug-likeness (QED) is 0.247. The Balaban J connectivity index is 1.81. The molecule has 0 aliphatic carbocycles. The molecule has 2 amide bonds. The Labute approximate surface area is 255 Å². The second kappa shape index (κ2) is 13.7. The largest absolute Gasteiger partial charge is 0.357 e. The highest BCUT2D eigenvalue weighted by Gasteiger charge is 2.34. The van der Waals surface area contributed by atoms with Gasteiger partial charge in [-0.1, -0.05) is 90.0 Å². The van der Waals surface area contributed by atoms with Crippen LogP contribution < -0.4 is 9.62 Å². The number of carbonyl (C=O) groups is 2. The summed E-state index contributed by atoms with van der Waals surface area (Å²) in [6.07, 6.45) is 0.270. The van der Waals surface area contributed by atoms with E-state index in [1.54, 1.807) is 37.4 Å². The first-order chi connectivity index (χ1) is 20.5. The number of benzene rings is 4. The lowest BCUT2D eigenvalue weighted by molar-refractivity contribution is -0.139. The summed E-state index contributed by atoms with van der Waals surface area (Å²) in [6.45, 7) is 7.23. The first-order valence-electron chi connectivity index (χ1n) is 14.3. The van der Waals surface area contributed by atoms with Crippen molar-refractivity contribution in [3.8, 4) is 0 Å². The van der Waals surface area contributed by atoms with Crippen molar-refractivity contribution in [2.75, 3.05) is 17.9 Å². The Morgan fingerprint density at radius 3 is 1.93 bits per heavy atom. The fourth-order valence-corrected chi connectivity index (χ4v) is 6.42. The number of carbonyl (C=O) groups excluding carboxylic acids is 2. The van der Waals surface area contributed by atoms with E-state index in [1.165, 1.54) is 9.21 Å². The molecule has 0 saturated carbocycles. The molecule has 4 rings (SSSR count). The van der Waals surface area contributed by atoms with E-state index in [9.17, 15) is 18.0 Å². The normalized spacial score (nSPS) is 11.9. The predicted octanol–water partition coefficient (Wildman–Crippen LogP) is 5.50. The summed E-state index contributed by atoms with van der Waals surface area (Å²) in [7, 11) is -2.60. The molecule has 0 saturated heterocycles. The van der Waals surface area contributed by atoms with Crippen LogP contribution in [-0.4, -0.2) is 44.8 Å². The lowest BCUT2D eigenvalue weighted by Crippen LogP contribution is -2.53. The minimum atomic E-state index is -4.14. The summed E-state index contributed by atoms with van der Waals surface area (Å²) in [4.78, 5) is 29.4. The molecule has 4 aromatic rings. The second-order valence-electron chi connectivity index (χ2n) is 10.9. The fraction of sp³-hybridized carbons (Fsp3) is 0.257. The van der Waals surface area contributed by atoms with Crippen LogP contribution in [0.2, 0.25) is 0 Å². The molecule has 7 nitrogen and oxygen atoms in total. The Kier molecular flexibility index (Phi) is 10.0. The predicted molar refractivity (Wildman–Crippen MR) is 171 cm³/mol. The zero-order valence-corrected chi connectivity index (χ0v) is 26.2. The van der Waals surface area contributed by atoms with Gasteiger partial charge in [-0.25, -0.2) is 8.42 Å². The summed E-state index contributed by atoms with van der Waals surface area (Å²) in [5.74, 6) is -0.814. The highest BCUT2D eigenvalue weighted by Crippen LogP contribution is 2.29. The van der Waals surface area contributed by atoms with Crippen molar-refractivity contribution < 1.29 is 18.0 Å². The van der Waals surface area contributed by atoms with E-state index >= 15 is 0 Å². The lowest BCUT2D eigenvalue weighted by atomic mass is 10.0. The van der Waals surface area contributed by atoms with E-state index in [1.807, 2.05) is 94.4 Å². The summed E-state index contributed by atoms with van der Waals surface area (Å²) in [5, 5.41) is 2.71. The van der Waals surface area contributed by atoms with Gasteiger partial charge in [-0.15, -0.1) is 0 Å². The molecule has 0 fully saturated rings. The van der Waals surface area contributed by atoms with Gasteiger partial charge in [-0.2, -0.15) is 0 Å². The number of nitrogens with one attached hydrogen (secondary N) is 1. The van der Waals surface area contributed by atoms with Crippen LogP contribution in [0.5, 0.6) is 0 Å². The maximum Gasteiger partial charge on any atom is 0.264 e. The van der Waals surface area contributed by atoms with Gasteiger partial charge in [0.2, 0.25) is 11.8 Å². The highest BCUT2D eigenvalue weighted by atomic mass is 32.2. The molecule has 4 aromatic carbocycles. The summed E-state index contributed by atoms with van der Waals surface area (Å²) in [6, 6.07) is 28.5. The van der Waals surface area contributed by atoms with Gasteiger partial charge in [0, 0.05) is 20.0 Å². The number of anilines is 1. The molecule has 0 bridgehead atoms. The van der Waals surface area contributed by atoms with Gasteiger partial charge in [0.1, 0.15) is 12.6 Å². The zero-order valence-electron chi connectivity index (χ0n) is 25.4. The molecule has 0 aliphatic rings. The van der Waals surface area contributed by atoms with Crippen LogP contribution in [-0.2, 0) is 32.6 Å². The molecular weight excluding hydrogens is 558 g/mol. The molecule has 0 spiro atoms. The van der Waals surface area contributed by atoms with Gasteiger partial charge in [-0.05, 0) is 68.1 Å². The van der Waals surface area contributed by atoms with E-state index < -0.39 is 28.5 Å². The van der Waals surface area contributed by atoms with Crippen molar-refractivity contribution in [3.63, 3.8) is 0 Å². The van der Waals surface area contributed by atoms with Crippen molar-refractivity contribution in [1.29, 1.82) is 0 Å². The molecule has 0 heterocycles. The SMILES string of the molecule is CNC(=O)C(Cc1ccccc1)N(Cc1ccc(C)cc1)C(=O)CN(c1cc(C)ccc1C)S(=O)(=O)c1ccc(C)cc1. The molecule has 1 N–H and O–H groups in total. The molecule has 1 unspecified atom stereocenters. The van der Waals surface area contributed by atoms with E-state index in [0.717, 1.165) is 27.8 Å². The maximum absolute atomic E-state index is 14.4. The number of likely N-dealkylation sites (N-methyl/N-ethyl adjacent to an activating group) is 1. The van der Waals surface area contributed by atoms with Crippen molar-refractivity contribution in [3.05, 3.63) is 130 Å². The van der Waals surface area contributed by atoms with Gasteiger partial charge in [0.25, 0.3) is 10.0 Å². The summed E-state index contributed by atoms with van der Waals surface area (Å²) in [5.41, 5.74) is 5.71. The Bertz CT molecular complexity index is 1670. The number of rotatable bonds is 11. The zero-order chi connectivity index (χ0) is 31.1. The molecule has 0 aliphatic heterocycles. The first-order valence-corrected chi connectivity index (χ1v) is 15.7. The maximum atomic E-state index is 14.4. The number of hydrogen-bond acceptors (Lipinski definition) is 4. The van der Waals surface area contributed by atoms with E-state index in [-0.39, 0.29) is 23.8 Å². The molecular formula is C35H39N3O4S. The first kappa shape index (κ1) is 31.5. The van der Waals surface area contributed by atoms with E-state index in [0.29, 0.717) is 11.3 Å². The standard InChI is InChI=1S/C35H39N3O4S/c1-25-12-17-30(18-13-25)23-37(33(35(40)36-5)22-29-9-7-6-8-10-29)34(39)24-38(32-21-27(3)11-16-28(32)4)43(41,42)31-19-14-26(2)15-20-31/h6-21,33H,22-24H2,1-5H3,(H,36,40). The lowest BCUT2D eigenvalue weighted by Gasteiger charge is -2.34. The van der Waals surface area contributed by atoms with E-state index in [4.69, 9.17) is 0 Å². The van der Waals surface area contributed by atoms with Gasteiger partial charge < -0.3 is 10.2 Å². The van der Waals surface area contributed by atoms with Crippen LogP contribution in [0.4, 0.5) is 5.69 Å². The third-order valence-corrected chi connectivity index (χ3v) is 9.29. The van der Waals surface area contributed by atoms with Gasteiger partial charge >= 0.3 is 0 Å². The van der Waals surface area contributed by atoms with Crippen molar-refractivity contribution >= 4 is 27.5 Å². The number of amides is 2. The minimum Gasteiger partial charge on any atom is -0.357 e. The third kappa shape index (κ3) is 7.70. The minimum absolute atomic E-state index is 0.0871. The van der Waals surface area contributed by atoms with Crippen LogP contribution >= 0.6 is 0 Å². The molecule has 224 valence electrons.